The normalized spacial score (nSPS) is 13.7. The summed E-state index contributed by atoms with van der Waals surface area (Å²) in [5.41, 5.74) is 4.71. The van der Waals surface area contributed by atoms with Gasteiger partial charge in [0.1, 0.15) is 13.2 Å². The summed E-state index contributed by atoms with van der Waals surface area (Å²) >= 11 is 0. The number of ether oxygens (including phenoxy) is 2. The number of fused-ring (bicyclic) bond motifs is 1. The summed E-state index contributed by atoms with van der Waals surface area (Å²) < 4.78 is 37.7. The number of amides is 1. The highest BCUT2D eigenvalue weighted by Crippen LogP contribution is 2.32. The van der Waals surface area contributed by atoms with Crippen molar-refractivity contribution in [3.63, 3.8) is 0 Å². The van der Waals surface area contributed by atoms with Crippen molar-refractivity contribution in [1.82, 2.24) is 5.32 Å². The van der Waals surface area contributed by atoms with Crippen molar-refractivity contribution in [3.8, 4) is 11.5 Å². The van der Waals surface area contributed by atoms with Gasteiger partial charge in [-0.1, -0.05) is 30.3 Å². The summed E-state index contributed by atoms with van der Waals surface area (Å²) in [5, 5.41) is 3.00. The highest BCUT2D eigenvalue weighted by molar-refractivity contribution is 7.92. The van der Waals surface area contributed by atoms with Gasteiger partial charge in [-0.25, -0.2) is 8.42 Å². The van der Waals surface area contributed by atoms with Crippen LogP contribution in [0.3, 0.4) is 0 Å². The number of nitrogens with one attached hydrogen (secondary N) is 1. The topological polar surface area (TPSA) is 84.9 Å². The molecule has 35 heavy (non-hydrogen) atoms. The number of hydrogen-bond acceptors (Lipinski definition) is 5. The lowest BCUT2D eigenvalue weighted by molar-refractivity contribution is 0.0939. The highest BCUT2D eigenvalue weighted by Gasteiger charge is 2.21. The summed E-state index contributed by atoms with van der Waals surface area (Å²) in [6.07, 6.45) is 1.20. The minimum Gasteiger partial charge on any atom is -0.486 e. The number of aryl methyl sites for hydroxylation is 2. The summed E-state index contributed by atoms with van der Waals surface area (Å²) in [6, 6.07) is 18.2. The molecule has 1 N–H and O–H groups in total. The molecule has 1 amide bonds. The van der Waals surface area contributed by atoms with Crippen LogP contribution in [0.25, 0.3) is 0 Å². The Hall–Kier alpha value is -3.52. The van der Waals surface area contributed by atoms with Crippen molar-refractivity contribution in [2.45, 2.75) is 33.4 Å². The third-order valence-corrected chi connectivity index (χ3v) is 7.12. The quantitative estimate of drug-likeness (QED) is 0.522. The molecule has 184 valence electrons. The first kappa shape index (κ1) is 24.6. The van der Waals surface area contributed by atoms with Gasteiger partial charge in [0.15, 0.2) is 11.5 Å². The van der Waals surface area contributed by atoms with Crippen molar-refractivity contribution in [2.24, 2.45) is 0 Å². The first-order valence-corrected chi connectivity index (χ1v) is 13.3. The maximum atomic E-state index is 12.8. The molecule has 3 aromatic rings. The molecule has 3 aromatic carbocycles. The van der Waals surface area contributed by atoms with Crippen molar-refractivity contribution in [2.75, 3.05) is 23.8 Å². The molecule has 0 saturated carbocycles. The molecule has 4 rings (SSSR count). The zero-order valence-electron chi connectivity index (χ0n) is 20.4. The van der Waals surface area contributed by atoms with Gasteiger partial charge in [0.25, 0.3) is 5.91 Å². The third-order valence-electron chi connectivity index (χ3n) is 5.99. The van der Waals surface area contributed by atoms with Gasteiger partial charge in [-0.05, 0) is 73.4 Å². The van der Waals surface area contributed by atoms with Gasteiger partial charge in [0.05, 0.1) is 24.5 Å². The van der Waals surface area contributed by atoms with Crippen LogP contribution in [-0.4, -0.2) is 33.8 Å². The van der Waals surface area contributed by atoms with Gasteiger partial charge < -0.3 is 14.8 Å². The molecular formula is C27H30N2O5S. The Bertz CT molecular complexity index is 1340. The fourth-order valence-electron chi connectivity index (χ4n) is 3.99. The second-order valence-electron chi connectivity index (χ2n) is 8.85. The second kappa shape index (κ2) is 10.00. The van der Waals surface area contributed by atoms with E-state index >= 15 is 0 Å². The fraction of sp³-hybridized carbons (Fsp3) is 0.296. The zero-order chi connectivity index (χ0) is 25.2. The van der Waals surface area contributed by atoms with Crippen LogP contribution in [0.15, 0.2) is 60.7 Å². The standard InChI is InChI=1S/C27H30N2O5S/c1-18-5-6-19(2)24(15-18)29(35(4,31)32)17-21-7-9-22(10-8-21)27(30)28-20(3)23-11-12-25-26(16-23)34-14-13-33-25/h5-12,15-16,20H,13-14,17H2,1-4H3,(H,28,30). The Balaban J connectivity index is 1.47. The van der Waals surface area contributed by atoms with Crippen LogP contribution in [0.5, 0.6) is 11.5 Å². The van der Waals surface area contributed by atoms with E-state index in [9.17, 15) is 13.2 Å². The smallest absolute Gasteiger partial charge is 0.251 e. The largest absolute Gasteiger partial charge is 0.486 e. The third kappa shape index (κ3) is 5.77. The van der Waals surface area contributed by atoms with E-state index in [1.807, 2.05) is 57.2 Å². The average Bonchev–Trinajstić information content (AvgIpc) is 2.83. The molecule has 1 aliphatic heterocycles. The van der Waals surface area contributed by atoms with Crippen LogP contribution in [-0.2, 0) is 16.6 Å². The lowest BCUT2D eigenvalue weighted by Crippen LogP contribution is -2.30. The molecule has 0 bridgehead atoms. The second-order valence-corrected chi connectivity index (χ2v) is 10.8. The van der Waals surface area contributed by atoms with Crippen molar-refractivity contribution in [3.05, 3.63) is 88.5 Å². The summed E-state index contributed by atoms with van der Waals surface area (Å²) in [4.78, 5) is 12.8. The number of benzene rings is 3. The van der Waals surface area contributed by atoms with Gasteiger partial charge in [-0.3, -0.25) is 9.10 Å². The Labute approximate surface area is 206 Å². The Morgan fingerprint density at radius 2 is 1.66 bits per heavy atom. The zero-order valence-corrected chi connectivity index (χ0v) is 21.2. The molecule has 1 heterocycles. The van der Waals surface area contributed by atoms with Crippen LogP contribution in [0.1, 0.15) is 45.6 Å². The van der Waals surface area contributed by atoms with Crippen molar-refractivity contribution >= 4 is 21.6 Å². The summed E-state index contributed by atoms with van der Waals surface area (Å²) in [6.45, 7) is 6.95. The number of sulfonamides is 1. The van der Waals surface area contributed by atoms with Gasteiger partial charge in [-0.2, -0.15) is 0 Å². The van der Waals surface area contributed by atoms with E-state index in [4.69, 9.17) is 9.47 Å². The predicted molar refractivity (Wildman–Crippen MR) is 137 cm³/mol. The van der Waals surface area contributed by atoms with Crippen LogP contribution in [0, 0.1) is 13.8 Å². The SMILES string of the molecule is Cc1ccc(C)c(N(Cc2ccc(C(=O)NC(C)c3ccc4c(c3)OCCO4)cc2)S(C)(=O)=O)c1. The minimum absolute atomic E-state index is 0.179. The lowest BCUT2D eigenvalue weighted by atomic mass is 10.1. The van der Waals surface area contributed by atoms with Crippen LogP contribution in [0.2, 0.25) is 0 Å². The molecule has 0 radical (unpaired) electrons. The fourth-order valence-corrected chi connectivity index (χ4v) is 4.93. The Kier molecular flexibility index (Phi) is 7.03. The van der Waals surface area contributed by atoms with E-state index < -0.39 is 10.0 Å². The number of anilines is 1. The van der Waals surface area contributed by atoms with E-state index in [1.165, 1.54) is 10.6 Å². The van der Waals surface area contributed by atoms with E-state index in [-0.39, 0.29) is 18.5 Å². The number of hydrogen-bond donors (Lipinski definition) is 1. The number of nitrogens with zero attached hydrogens (tertiary/aromatic N) is 1. The van der Waals surface area contributed by atoms with E-state index in [2.05, 4.69) is 5.32 Å². The van der Waals surface area contributed by atoms with Crippen molar-refractivity contribution < 1.29 is 22.7 Å². The molecular weight excluding hydrogens is 464 g/mol. The van der Waals surface area contributed by atoms with Crippen LogP contribution in [0.4, 0.5) is 5.69 Å². The molecule has 0 aliphatic carbocycles. The van der Waals surface area contributed by atoms with Gasteiger partial charge >= 0.3 is 0 Å². The molecule has 8 heteroatoms. The monoisotopic (exact) mass is 494 g/mol. The molecule has 0 spiro atoms. The first-order chi connectivity index (χ1) is 16.6. The van der Waals surface area contributed by atoms with E-state index in [0.29, 0.717) is 36.0 Å². The van der Waals surface area contributed by atoms with E-state index in [0.717, 1.165) is 22.3 Å². The predicted octanol–water partition coefficient (Wildman–Crippen LogP) is 4.53. The lowest BCUT2D eigenvalue weighted by Gasteiger charge is -2.25. The first-order valence-electron chi connectivity index (χ1n) is 11.5. The Morgan fingerprint density at radius 1 is 0.971 bits per heavy atom. The highest BCUT2D eigenvalue weighted by atomic mass is 32.2. The molecule has 1 unspecified atom stereocenters. The maximum absolute atomic E-state index is 12.8. The van der Waals surface area contributed by atoms with Gasteiger partial charge in [0, 0.05) is 5.56 Å². The van der Waals surface area contributed by atoms with Crippen LogP contribution >= 0.6 is 0 Å². The molecule has 1 atom stereocenters. The maximum Gasteiger partial charge on any atom is 0.251 e. The van der Waals surface area contributed by atoms with E-state index in [1.54, 1.807) is 24.3 Å². The van der Waals surface area contributed by atoms with Crippen LogP contribution < -0.4 is 19.1 Å². The number of rotatable bonds is 7. The summed E-state index contributed by atoms with van der Waals surface area (Å²) in [5.74, 6) is 1.17. The number of carbonyl (C=O) groups excluding carboxylic acids is 1. The summed E-state index contributed by atoms with van der Waals surface area (Å²) in [7, 11) is -3.50. The van der Waals surface area contributed by atoms with Crippen molar-refractivity contribution in [1.29, 1.82) is 0 Å². The number of carbonyl (C=O) groups is 1. The molecule has 1 aliphatic rings. The minimum atomic E-state index is -3.50. The average molecular weight is 495 g/mol. The van der Waals surface area contributed by atoms with Gasteiger partial charge in [-0.15, -0.1) is 0 Å². The van der Waals surface area contributed by atoms with Gasteiger partial charge in [0.2, 0.25) is 10.0 Å². The molecule has 0 aromatic heterocycles. The Morgan fingerprint density at radius 3 is 2.34 bits per heavy atom. The molecule has 0 fully saturated rings. The molecule has 0 saturated heterocycles. The molecule has 7 nitrogen and oxygen atoms in total.